The van der Waals surface area contributed by atoms with Crippen LogP contribution in [0.25, 0.3) is 0 Å². The maximum absolute atomic E-state index is 12.9. The van der Waals surface area contributed by atoms with Gasteiger partial charge in [-0.05, 0) is 42.8 Å². The lowest BCUT2D eigenvalue weighted by molar-refractivity contribution is 0.0936. The average molecular weight is 469 g/mol. The minimum absolute atomic E-state index is 0.0680. The van der Waals surface area contributed by atoms with E-state index in [1.165, 1.54) is 29.6 Å². The molecule has 0 heterocycles. The van der Waals surface area contributed by atoms with Crippen LogP contribution in [0.3, 0.4) is 0 Å². The Bertz CT molecular complexity index is 926. The first-order valence-corrected chi connectivity index (χ1v) is 11.2. The Labute approximate surface area is 175 Å². The van der Waals surface area contributed by atoms with Gasteiger partial charge in [0, 0.05) is 17.6 Å². The molecular formula is C20H25BrN2O4S. The number of carbonyl (C=O) groups excluding carboxylic acids is 1. The number of ether oxygens (including phenoxy) is 1. The molecule has 0 spiro atoms. The summed E-state index contributed by atoms with van der Waals surface area (Å²) in [5.41, 5.74) is 1.11. The Morgan fingerprint density at radius 2 is 1.75 bits per heavy atom. The summed E-state index contributed by atoms with van der Waals surface area (Å²) in [6, 6.07) is 11.7. The minimum atomic E-state index is -3.68. The van der Waals surface area contributed by atoms with Crippen molar-refractivity contribution in [3.05, 3.63) is 58.1 Å². The smallest absolute Gasteiger partial charge is 0.255 e. The molecule has 28 heavy (non-hydrogen) atoms. The molecule has 0 radical (unpaired) electrons. The number of rotatable bonds is 8. The summed E-state index contributed by atoms with van der Waals surface area (Å²) in [7, 11) is -2.23. The zero-order valence-corrected chi connectivity index (χ0v) is 18.8. The number of benzene rings is 2. The van der Waals surface area contributed by atoms with E-state index in [1.807, 2.05) is 31.2 Å². The van der Waals surface area contributed by atoms with Crippen LogP contribution < -0.4 is 10.1 Å². The Balaban J connectivity index is 2.35. The number of nitrogens with zero attached hydrogens (tertiary/aromatic N) is 1. The zero-order chi connectivity index (χ0) is 20.9. The quantitative estimate of drug-likeness (QED) is 0.635. The van der Waals surface area contributed by atoms with Crippen molar-refractivity contribution in [2.24, 2.45) is 0 Å². The molecule has 0 bridgehead atoms. The van der Waals surface area contributed by atoms with E-state index in [1.54, 1.807) is 13.8 Å². The maximum atomic E-state index is 12.9. The molecule has 1 atom stereocenters. The van der Waals surface area contributed by atoms with Crippen LogP contribution in [0.2, 0.25) is 0 Å². The number of carbonyl (C=O) groups is 1. The van der Waals surface area contributed by atoms with E-state index >= 15 is 0 Å². The molecule has 0 saturated heterocycles. The molecule has 6 nitrogen and oxygen atoms in total. The van der Waals surface area contributed by atoms with Gasteiger partial charge in [-0.25, -0.2) is 8.42 Å². The summed E-state index contributed by atoms with van der Waals surface area (Å²) in [4.78, 5) is 12.9. The molecule has 2 aromatic rings. The standard InChI is InChI=1S/C20H25BrN2O4S/c1-5-23(6-2)28(25,26)17-11-12-19(27-4)18(13-17)20(24)22-14(3)15-7-9-16(21)10-8-15/h7-14H,5-6H2,1-4H3,(H,22,24). The summed E-state index contributed by atoms with van der Waals surface area (Å²) < 4.78 is 33.2. The minimum Gasteiger partial charge on any atom is -0.496 e. The monoisotopic (exact) mass is 468 g/mol. The predicted octanol–water partition coefficient (Wildman–Crippen LogP) is 3.98. The summed E-state index contributed by atoms with van der Waals surface area (Å²) in [5.74, 6) is -0.0807. The second-order valence-corrected chi connectivity index (χ2v) is 9.05. The molecule has 0 aromatic heterocycles. The van der Waals surface area contributed by atoms with Gasteiger partial charge in [0.2, 0.25) is 10.0 Å². The van der Waals surface area contributed by atoms with Gasteiger partial charge in [0.1, 0.15) is 5.75 Å². The highest BCUT2D eigenvalue weighted by Gasteiger charge is 2.25. The third kappa shape index (κ3) is 4.92. The number of amides is 1. The van der Waals surface area contributed by atoms with Crippen molar-refractivity contribution in [2.75, 3.05) is 20.2 Å². The highest BCUT2D eigenvalue weighted by molar-refractivity contribution is 9.10. The Kier molecular flexibility index (Phi) is 7.63. The Hall–Kier alpha value is -1.90. The van der Waals surface area contributed by atoms with Crippen molar-refractivity contribution in [1.29, 1.82) is 0 Å². The average Bonchev–Trinajstić information content (AvgIpc) is 2.68. The molecule has 8 heteroatoms. The van der Waals surface area contributed by atoms with Crippen molar-refractivity contribution in [2.45, 2.75) is 31.7 Å². The van der Waals surface area contributed by atoms with Crippen LogP contribution in [0.1, 0.15) is 42.7 Å². The summed E-state index contributed by atoms with van der Waals surface area (Å²) >= 11 is 3.39. The molecule has 0 aliphatic heterocycles. The van der Waals surface area contributed by atoms with Crippen LogP contribution >= 0.6 is 15.9 Å². The topological polar surface area (TPSA) is 75.7 Å². The molecule has 2 aromatic carbocycles. The second-order valence-electron chi connectivity index (χ2n) is 6.20. The van der Waals surface area contributed by atoms with Gasteiger partial charge >= 0.3 is 0 Å². The molecule has 1 amide bonds. The number of sulfonamides is 1. The van der Waals surface area contributed by atoms with Gasteiger partial charge in [0.25, 0.3) is 5.91 Å². The van der Waals surface area contributed by atoms with Crippen molar-refractivity contribution < 1.29 is 17.9 Å². The van der Waals surface area contributed by atoms with Gasteiger partial charge in [0.15, 0.2) is 0 Å². The number of nitrogens with one attached hydrogen (secondary N) is 1. The first-order valence-electron chi connectivity index (χ1n) is 8.99. The summed E-state index contributed by atoms with van der Waals surface area (Å²) in [6.07, 6.45) is 0. The van der Waals surface area contributed by atoms with Gasteiger partial charge in [-0.1, -0.05) is 41.9 Å². The normalized spacial score (nSPS) is 12.6. The van der Waals surface area contributed by atoms with Gasteiger partial charge in [-0.2, -0.15) is 4.31 Å². The Morgan fingerprint density at radius 1 is 1.14 bits per heavy atom. The van der Waals surface area contributed by atoms with Crippen LogP contribution in [0, 0.1) is 0 Å². The molecule has 2 rings (SSSR count). The lowest BCUT2D eigenvalue weighted by Crippen LogP contribution is -2.31. The van der Waals surface area contributed by atoms with Gasteiger partial charge in [-0.3, -0.25) is 4.79 Å². The van der Waals surface area contributed by atoms with Crippen molar-refractivity contribution in [1.82, 2.24) is 9.62 Å². The van der Waals surface area contributed by atoms with E-state index in [-0.39, 0.29) is 16.5 Å². The van der Waals surface area contributed by atoms with E-state index < -0.39 is 15.9 Å². The molecule has 1 N–H and O–H groups in total. The van der Waals surface area contributed by atoms with Gasteiger partial charge in [0.05, 0.1) is 23.6 Å². The molecule has 0 fully saturated rings. The van der Waals surface area contributed by atoms with E-state index in [0.29, 0.717) is 18.8 Å². The van der Waals surface area contributed by atoms with Crippen LogP contribution in [0.15, 0.2) is 51.8 Å². The van der Waals surface area contributed by atoms with Gasteiger partial charge < -0.3 is 10.1 Å². The van der Waals surface area contributed by atoms with E-state index in [2.05, 4.69) is 21.2 Å². The van der Waals surface area contributed by atoms with Crippen LogP contribution in [0.5, 0.6) is 5.75 Å². The maximum Gasteiger partial charge on any atom is 0.255 e. The van der Waals surface area contributed by atoms with Crippen LogP contribution in [-0.4, -0.2) is 38.8 Å². The first-order chi connectivity index (χ1) is 13.2. The lowest BCUT2D eigenvalue weighted by Gasteiger charge is -2.20. The summed E-state index contributed by atoms with van der Waals surface area (Å²) in [6.45, 7) is 6.13. The lowest BCUT2D eigenvalue weighted by atomic mass is 10.1. The summed E-state index contributed by atoms with van der Waals surface area (Å²) in [5, 5.41) is 2.90. The fourth-order valence-electron chi connectivity index (χ4n) is 2.85. The Morgan fingerprint density at radius 3 is 2.29 bits per heavy atom. The third-order valence-electron chi connectivity index (χ3n) is 4.48. The van der Waals surface area contributed by atoms with E-state index in [9.17, 15) is 13.2 Å². The predicted molar refractivity (Wildman–Crippen MR) is 113 cm³/mol. The third-order valence-corrected chi connectivity index (χ3v) is 7.05. The number of methoxy groups -OCH3 is 1. The van der Waals surface area contributed by atoms with Crippen molar-refractivity contribution in [3.63, 3.8) is 0 Å². The molecule has 152 valence electrons. The van der Waals surface area contributed by atoms with Crippen molar-refractivity contribution >= 4 is 31.9 Å². The number of hydrogen-bond acceptors (Lipinski definition) is 4. The van der Waals surface area contributed by atoms with Gasteiger partial charge in [-0.15, -0.1) is 0 Å². The number of hydrogen-bond donors (Lipinski definition) is 1. The fraction of sp³-hybridized carbons (Fsp3) is 0.350. The molecule has 0 aliphatic rings. The molecule has 1 unspecified atom stereocenters. The SMILES string of the molecule is CCN(CC)S(=O)(=O)c1ccc(OC)c(C(=O)NC(C)c2ccc(Br)cc2)c1. The first kappa shape index (κ1) is 22.4. The fourth-order valence-corrected chi connectivity index (χ4v) is 4.60. The molecule has 0 saturated carbocycles. The zero-order valence-electron chi connectivity index (χ0n) is 16.4. The highest BCUT2D eigenvalue weighted by atomic mass is 79.9. The molecular weight excluding hydrogens is 444 g/mol. The second kappa shape index (κ2) is 9.54. The van der Waals surface area contributed by atoms with E-state index in [4.69, 9.17) is 4.74 Å². The highest BCUT2D eigenvalue weighted by Crippen LogP contribution is 2.25. The van der Waals surface area contributed by atoms with Crippen LogP contribution in [-0.2, 0) is 10.0 Å². The largest absolute Gasteiger partial charge is 0.496 e. The molecule has 0 aliphatic carbocycles. The number of halogens is 1. The van der Waals surface area contributed by atoms with E-state index in [0.717, 1.165) is 10.0 Å². The van der Waals surface area contributed by atoms with Crippen molar-refractivity contribution in [3.8, 4) is 5.75 Å². The van der Waals surface area contributed by atoms with Crippen LogP contribution in [0.4, 0.5) is 0 Å².